The Morgan fingerprint density at radius 3 is 2.80 bits per heavy atom. The highest BCUT2D eigenvalue weighted by molar-refractivity contribution is 6.33. The van der Waals surface area contributed by atoms with Gasteiger partial charge in [0, 0.05) is 31.5 Å². The van der Waals surface area contributed by atoms with Crippen LogP contribution in [0, 0.1) is 6.92 Å². The quantitative estimate of drug-likeness (QED) is 0.663. The lowest BCUT2D eigenvalue weighted by Gasteiger charge is -2.09. The van der Waals surface area contributed by atoms with Gasteiger partial charge in [-0.1, -0.05) is 23.7 Å². The van der Waals surface area contributed by atoms with Crippen molar-refractivity contribution in [3.05, 3.63) is 65.5 Å². The Hall–Kier alpha value is -2.93. The molecular formula is C17H17ClN6O. The molecule has 0 atom stereocenters. The van der Waals surface area contributed by atoms with Crippen LogP contribution in [0.25, 0.3) is 5.82 Å². The molecule has 1 aromatic carbocycles. The van der Waals surface area contributed by atoms with Crippen LogP contribution >= 0.6 is 11.6 Å². The predicted octanol–water partition coefficient (Wildman–Crippen LogP) is 2.47. The second kappa shape index (κ2) is 7.76. The zero-order valence-corrected chi connectivity index (χ0v) is 14.4. The molecule has 8 heteroatoms. The number of carbonyl (C=O) groups is 1. The first-order valence-corrected chi connectivity index (χ1v) is 8.12. The van der Waals surface area contributed by atoms with E-state index in [9.17, 15) is 4.79 Å². The molecule has 0 saturated heterocycles. The van der Waals surface area contributed by atoms with Crippen molar-refractivity contribution in [1.29, 1.82) is 0 Å². The highest BCUT2D eigenvalue weighted by Crippen LogP contribution is 2.14. The maximum Gasteiger partial charge on any atom is 0.252 e. The molecule has 25 heavy (non-hydrogen) atoms. The van der Waals surface area contributed by atoms with E-state index >= 15 is 0 Å². The van der Waals surface area contributed by atoms with Crippen LogP contribution in [-0.2, 0) is 0 Å². The Bertz CT molecular complexity index is 879. The van der Waals surface area contributed by atoms with Gasteiger partial charge in [-0.15, -0.1) is 0 Å². The van der Waals surface area contributed by atoms with Crippen LogP contribution in [-0.4, -0.2) is 38.5 Å². The molecule has 2 heterocycles. The first-order chi connectivity index (χ1) is 12.1. The third kappa shape index (κ3) is 4.13. The van der Waals surface area contributed by atoms with Crippen molar-refractivity contribution in [1.82, 2.24) is 24.8 Å². The van der Waals surface area contributed by atoms with Gasteiger partial charge in [0.25, 0.3) is 5.91 Å². The number of rotatable bonds is 6. The number of imidazole rings is 1. The lowest BCUT2D eigenvalue weighted by atomic mass is 10.2. The van der Waals surface area contributed by atoms with Crippen LogP contribution in [0.1, 0.15) is 16.2 Å². The standard InChI is InChI=1S/C17H17ClN6O/c1-12-19-8-9-24(12)16-10-15(22-11-23-16)20-6-7-21-17(25)13-4-2-3-5-14(13)18/h2-5,8-11H,6-7H2,1H3,(H,21,25)(H,20,22,23). The van der Waals surface area contributed by atoms with Gasteiger partial charge in [-0.2, -0.15) is 0 Å². The molecule has 1 amide bonds. The summed E-state index contributed by atoms with van der Waals surface area (Å²) >= 11 is 6.01. The van der Waals surface area contributed by atoms with Crippen molar-refractivity contribution >= 4 is 23.3 Å². The fourth-order valence-electron chi connectivity index (χ4n) is 2.30. The first kappa shape index (κ1) is 16.9. The van der Waals surface area contributed by atoms with Gasteiger partial charge >= 0.3 is 0 Å². The maximum absolute atomic E-state index is 12.1. The largest absolute Gasteiger partial charge is 0.368 e. The van der Waals surface area contributed by atoms with E-state index in [-0.39, 0.29) is 5.91 Å². The number of nitrogens with one attached hydrogen (secondary N) is 2. The van der Waals surface area contributed by atoms with Crippen LogP contribution in [0.5, 0.6) is 0 Å². The van der Waals surface area contributed by atoms with Crippen molar-refractivity contribution < 1.29 is 4.79 Å². The molecule has 0 aliphatic heterocycles. The number of aromatic nitrogens is 4. The van der Waals surface area contributed by atoms with E-state index < -0.39 is 0 Å². The molecule has 2 aromatic heterocycles. The highest BCUT2D eigenvalue weighted by atomic mass is 35.5. The number of halogens is 1. The Kier molecular flexibility index (Phi) is 5.25. The molecular weight excluding hydrogens is 340 g/mol. The van der Waals surface area contributed by atoms with E-state index in [4.69, 9.17) is 11.6 Å². The molecule has 0 spiro atoms. The predicted molar refractivity (Wildman–Crippen MR) is 96.2 cm³/mol. The molecule has 0 unspecified atom stereocenters. The summed E-state index contributed by atoms with van der Waals surface area (Å²) in [5.41, 5.74) is 0.462. The Morgan fingerprint density at radius 1 is 1.20 bits per heavy atom. The third-order valence-electron chi connectivity index (χ3n) is 3.56. The Labute approximate surface area is 150 Å². The van der Waals surface area contributed by atoms with Crippen LogP contribution in [0.4, 0.5) is 5.82 Å². The van der Waals surface area contributed by atoms with Crippen molar-refractivity contribution in [3.8, 4) is 5.82 Å². The van der Waals surface area contributed by atoms with Gasteiger partial charge in [0.15, 0.2) is 0 Å². The molecule has 0 aliphatic carbocycles. The molecule has 0 radical (unpaired) electrons. The zero-order valence-electron chi connectivity index (χ0n) is 13.6. The molecule has 3 rings (SSSR count). The van der Waals surface area contributed by atoms with E-state index in [2.05, 4.69) is 25.6 Å². The lowest BCUT2D eigenvalue weighted by Crippen LogP contribution is -2.29. The minimum absolute atomic E-state index is 0.204. The number of hydrogen-bond donors (Lipinski definition) is 2. The average molecular weight is 357 g/mol. The van der Waals surface area contributed by atoms with Gasteiger partial charge in [0.05, 0.1) is 10.6 Å². The molecule has 0 saturated carbocycles. The number of aryl methyl sites for hydroxylation is 1. The number of amides is 1. The first-order valence-electron chi connectivity index (χ1n) is 7.74. The van der Waals surface area contributed by atoms with Gasteiger partial charge < -0.3 is 10.6 Å². The molecule has 2 N–H and O–H groups in total. The molecule has 0 bridgehead atoms. The summed E-state index contributed by atoms with van der Waals surface area (Å²) in [4.78, 5) is 24.7. The Balaban J connectivity index is 1.54. The molecule has 7 nitrogen and oxygen atoms in total. The minimum Gasteiger partial charge on any atom is -0.368 e. The van der Waals surface area contributed by atoms with Gasteiger partial charge in [0.2, 0.25) is 0 Å². The van der Waals surface area contributed by atoms with E-state index in [1.165, 1.54) is 6.33 Å². The van der Waals surface area contributed by atoms with E-state index in [1.54, 1.807) is 30.5 Å². The monoisotopic (exact) mass is 356 g/mol. The Morgan fingerprint density at radius 2 is 2.04 bits per heavy atom. The zero-order chi connectivity index (χ0) is 17.6. The fraction of sp³-hybridized carbons (Fsp3) is 0.176. The number of hydrogen-bond acceptors (Lipinski definition) is 5. The minimum atomic E-state index is -0.204. The van der Waals surface area contributed by atoms with E-state index in [1.807, 2.05) is 23.8 Å². The molecule has 128 valence electrons. The smallest absolute Gasteiger partial charge is 0.252 e. The van der Waals surface area contributed by atoms with Crippen molar-refractivity contribution in [2.24, 2.45) is 0 Å². The average Bonchev–Trinajstić information content (AvgIpc) is 3.05. The second-order valence-electron chi connectivity index (χ2n) is 5.27. The normalized spacial score (nSPS) is 10.5. The van der Waals surface area contributed by atoms with E-state index in [0.29, 0.717) is 29.5 Å². The van der Waals surface area contributed by atoms with Crippen LogP contribution in [0.15, 0.2) is 49.1 Å². The van der Waals surface area contributed by atoms with Crippen molar-refractivity contribution in [3.63, 3.8) is 0 Å². The van der Waals surface area contributed by atoms with Gasteiger partial charge in [0.1, 0.15) is 23.8 Å². The summed E-state index contributed by atoms with van der Waals surface area (Å²) in [6.45, 7) is 2.86. The van der Waals surface area contributed by atoms with Crippen molar-refractivity contribution in [2.75, 3.05) is 18.4 Å². The maximum atomic E-state index is 12.1. The number of benzene rings is 1. The molecule has 0 fully saturated rings. The van der Waals surface area contributed by atoms with Crippen LogP contribution in [0.3, 0.4) is 0 Å². The van der Waals surface area contributed by atoms with Crippen molar-refractivity contribution in [2.45, 2.75) is 6.92 Å². The molecule has 0 aliphatic rings. The second-order valence-corrected chi connectivity index (χ2v) is 5.68. The lowest BCUT2D eigenvalue weighted by molar-refractivity contribution is 0.0955. The summed E-state index contributed by atoms with van der Waals surface area (Å²) < 4.78 is 1.87. The summed E-state index contributed by atoms with van der Waals surface area (Å²) in [6.07, 6.45) is 5.04. The van der Waals surface area contributed by atoms with E-state index in [0.717, 1.165) is 11.6 Å². The van der Waals surface area contributed by atoms with Gasteiger partial charge in [-0.25, -0.2) is 15.0 Å². The number of nitrogens with zero attached hydrogens (tertiary/aromatic N) is 4. The summed E-state index contributed by atoms with van der Waals surface area (Å²) in [5, 5.41) is 6.41. The topological polar surface area (TPSA) is 84.7 Å². The highest BCUT2D eigenvalue weighted by Gasteiger charge is 2.08. The SMILES string of the molecule is Cc1nccn1-c1cc(NCCNC(=O)c2ccccc2Cl)ncn1. The van der Waals surface area contributed by atoms with Gasteiger partial charge in [-0.05, 0) is 19.1 Å². The number of anilines is 1. The summed E-state index contributed by atoms with van der Waals surface area (Å²) in [6, 6.07) is 8.77. The van der Waals surface area contributed by atoms with Crippen LogP contribution in [0.2, 0.25) is 5.02 Å². The van der Waals surface area contributed by atoms with Gasteiger partial charge in [-0.3, -0.25) is 9.36 Å². The summed E-state index contributed by atoms with van der Waals surface area (Å²) in [7, 11) is 0. The number of carbonyl (C=O) groups excluding carboxylic acids is 1. The molecule has 3 aromatic rings. The van der Waals surface area contributed by atoms with Crippen LogP contribution < -0.4 is 10.6 Å². The fourth-order valence-corrected chi connectivity index (χ4v) is 2.52. The third-order valence-corrected chi connectivity index (χ3v) is 3.89. The summed E-state index contributed by atoms with van der Waals surface area (Å²) in [5.74, 6) is 2.04.